The van der Waals surface area contributed by atoms with E-state index in [4.69, 9.17) is 0 Å². The summed E-state index contributed by atoms with van der Waals surface area (Å²) in [5, 5.41) is 3.28. The standard InChI is InChI=1S/C12H25N3O/c1-10(7-8-14(2)3)13-9-12(16)15(4)11-5-6-11/h10-11,13H,5-9H2,1-4H3. The molecule has 1 amide bonds. The van der Waals surface area contributed by atoms with Crippen molar-refractivity contribution in [1.29, 1.82) is 0 Å². The Bertz CT molecular complexity index is 226. The highest BCUT2D eigenvalue weighted by Gasteiger charge is 2.29. The number of hydrogen-bond acceptors (Lipinski definition) is 3. The topological polar surface area (TPSA) is 35.6 Å². The molecule has 0 aromatic rings. The normalized spacial score (nSPS) is 17.6. The maximum Gasteiger partial charge on any atom is 0.236 e. The number of rotatable bonds is 7. The fourth-order valence-electron chi connectivity index (χ4n) is 1.61. The smallest absolute Gasteiger partial charge is 0.236 e. The van der Waals surface area contributed by atoms with E-state index in [0.717, 1.165) is 13.0 Å². The summed E-state index contributed by atoms with van der Waals surface area (Å²) >= 11 is 0. The van der Waals surface area contributed by atoms with Crippen molar-refractivity contribution in [2.24, 2.45) is 0 Å². The number of nitrogens with one attached hydrogen (secondary N) is 1. The van der Waals surface area contributed by atoms with Gasteiger partial charge in [0.15, 0.2) is 0 Å². The van der Waals surface area contributed by atoms with E-state index in [-0.39, 0.29) is 5.91 Å². The Kier molecular flexibility index (Phi) is 5.22. The Morgan fingerprint density at radius 1 is 1.38 bits per heavy atom. The number of hydrogen-bond donors (Lipinski definition) is 1. The lowest BCUT2D eigenvalue weighted by atomic mass is 10.2. The van der Waals surface area contributed by atoms with E-state index in [0.29, 0.717) is 18.6 Å². The molecule has 0 aromatic carbocycles. The average molecular weight is 227 g/mol. The van der Waals surface area contributed by atoms with E-state index in [2.05, 4.69) is 31.2 Å². The molecule has 94 valence electrons. The number of carbonyl (C=O) groups excluding carboxylic acids is 1. The number of carbonyl (C=O) groups is 1. The lowest BCUT2D eigenvalue weighted by Gasteiger charge is -2.20. The fourth-order valence-corrected chi connectivity index (χ4v) is 1.61. The van der Waals surface area contributed by atoms with Gasteiger partial charge in [-0.25, -0.2) is 0 Å². The van der Waals surface area contributed by atoms with E-state index < -0.39 is 0 Å². The lowest BCUT2D eigenvalue weighted by molar-refractivity contribution is -0.129. The summed E-state index contributed by atoms with van der Waals surface area (Å²) in [7, 11) is 6.05. The van der Waals surface area contributed by atoms with Gasteiger partial charge in [-0.15, -0.1) is 0 Å². The molecule has 0 saturated heterocycles. The van der Waals surface area contributed by atoms with Gasteiger partial charge >= 0.3 is 0 Å². The SMILES string of the molecule is CC(CCN(C)C)NCC(=O)N(C)C1CC1. The highest BCUT2D eigenvalue weighted by molar-refractivity contribution is 5.78. The third-order valence-corrected chi connectivity index (χ3v) is 3.10. The third-order valence-electron chi connectivity index (χ3n) is 3.10. The monoisotopic (exact) mass is 227 g/mol. The average Bonchev–Trinajstić information content (AvgIpc) is 3.05. The van der Waals surface area contributed by atoms with Crippen LogP contribution in [0.2, 0.25) is 0 Å². The van der Waals surface area contributed by atoms with Crippen LogP contribution in [0.25, 0.3) is 0 Å². The number of likely N-dealkylation sites (N-methyl/N-ethyl adjacent to an activating group) is 1. The van der Waals surface area contributed by atoms with Crippen molar-refractivity contribution >= 4 is 5.91 Å². The minimum atomic E-state index is 0.221. The molecule has 1 saturated carbocycles. The Balaban J connectivity index is 2.10. The van der Waals surface area contributed by atoms with Crippen LogP contribution >= 0.6 is 0 Å². The van der Waals surface area contributed by atoms with Gasteiger partial charge in [0.25, 0.3) is 0 Å². The van der Waals surface area contributed by atoms with E-state index >= 15 is 0 Å². The Morgan fingerprint density at radius 3 is 2.50 bits per heavy atom. The highest BCUT2D eigenvalue weighted by Crippen LogP contribution is 2.25. The van der Waals surface area contributed by atoms with Gasteiger partial charge in [-0.1, -0.05) is 0 Å². The quantitative estimate of drug-likeness (QED) is 0.689. The van der Waals surface area contributed by atoms with Crippen molar-refractivity contribution in [2.75, 3.05) is 34.2 Å². The van der Waals surface area contributed by atoms with Gasteiger partial charge < -0.3 is 15.1 Å². The molecule has 1 atom stereocenters. The molecule has 1 aliphatic rings. The Labute approximate surface area is 99.0 Å². The Morgan fingerprint density at radius 2 is 2.00 bits per heavy atom. The predicted molar refractivity (Wildman–Crippen MR) is 66.4 cm³/mol. The van der Waals surface area contributed by atoms with E-state index in [9.17, 15) is 4.79 Å². The van der Waals surface area contributed by atoms with Crippen molar-refractivity contribution in [1.82, 2.24) is 15.1 Å². The maximum absolute atomic E-state index is 11.7. The highest BCUT2D eigenvalue weighted by atomic mass is 16.2. The molecular formula is C12H25N3O. The molecule has 0 spiro atoms. The van der Waals surface area contributed by atoms with Crippen molar-refractivity contribution in [2.45, 2.75) is 38.3 Å². The maximum atomic E-state index is 11.7. The van der Waals surface area contributed by atoms with Crippen LogP contribution in [0.3, 0.4) is 0 Å². The molecular weight excluding hydrogens is 202 g/mol. The van der Waals surface area contributed by atoms with Gasteiger partial charge in [0.1, 0.15) is 0 Å². The molecule has 4 nitrogen and oxygen atoms in total. The van der Waals surface area contributed by atoms with Crippen molar-refractivity contribution < 1.29 is 4.79 Å². The first kappa shape index (κ1) is 13.5. The van der Waals surface area contributed by atoms with Crippen molar-refractivity contribution in [3.05, 3.63) is 0 Å². The largest absolute Gasteiger partial charge is 0.342 e. The van der Waals surface area contributed by atoms with Gasteiger partial charge in [0, 0.05) is 19.1 Å². The van der Waals surface area contributed by atoms with Gasteiger partial charge in [-0.2, -0.15) is 0 Å². The van der Waals surface area contributed by atoms with Crippen LogP contribution in [-0.4, -0.2) is 62.0 Å². The second-order valence-corrected chi connectivity index (χ2v) is 5.11. The molecule has 1 aliphatic carbocycles. The minimum Gasteiger partial charge on any atom is -0.342 e. The third kappa shape index (κ3) is 4.94. The van der Waals surface area contributed by atoms with E-state index in [1.807, 2.05) is 11.9 Å². The number of amides is 1. The van der Waals surface area contributed by atoms with Gasteiger partial charge in [-0.05, 0) is 46.8 Å². The van der Waals surface area contributed by atoms with Crippen LogP contribution in [0, 0.1) is 0 Å². The summed E-state index contributed by atoms with van der Waals surface area (Å²) in [5.41, 5.74) is 0. The molecule has 4 heteroatoms. The first-order valence-electron chi connectivity index (χ1n) is 6.14. The molecule has 1 unspecified atom stereocenters. The number of nitrogens with zero attached hydrogens (tertiary/aromatic N) is 2. The summed E-state index contributed by atoms with van der Waals surface area (Å²) in [6.07, 6.45) is 3.43. The zero-order valence-corrected chi connectivity index (χ0v) is 11.0. The summed E-state index contributed by atoms with van der Waals surface area (Å²) in [6, 6.07) is 0.922. The van der Waals surface area contributed by atoms with Crippen LogP contribution < -0.4 is 5.32 Å². The van der Waals surface area contributed by atoms with E-state index in [1.54, 1.807) is 0 Å². The first-order chi connectivity index (χ1) is 7.50. The minimum absolute atomic E-state index is 0.221. The van der Waals surface area contributed by atoms with Crippen LogP contribution in [0.1, 0.15) is 26.2 Å². The molecule has 1 fully saturated rings. The molecule has 0 bridgehead atoms. The van der Waals surface area contributed by atoms with Crippen molar-refractivity contribution in [3.63, 3.8) is 0 Å². The van der Waals surface area contributed by atoms with Gasteiger partial charge in [0.2, 0.25) is 5.91 Å². The lowest BCUT2D eigenvalue weighted by Crippen LogP contribution is -2.40. The van der Waals surface area contributed by atoms with Crippen LogP contribution in [0.15, 0.2) is 0 Å². The van der Waals surface area contributed by atoms with Crippen molar-refractivity contribution in [3.8, 4) is 0 Å². The first-order valence-corrected chi connectivity index (χ1v) is 6.14. The molecule has 16 heavy (non-hydrogen) atoms. The molecule has 0 aromatic heterocycles. The molecule has 0 radical (unpaired) electrons. The summed E-state index contributed by atoms with van der Waals surface area (Å²) < 4.78 is 0. The van der Waals surface area contributed by atoms with Crippen LogP contribution in [-0.2, 0) is 4.79 Å². The van der Waals surface area contributed by atoms with Crippen LogP contribution in [0.4, 0.5) is 0 Å². The molecule has 1 rings (SSSR count). The fraction of sp³-hybridized carbons (Fsp3) is 0.917. The summed E-state index contributed by atoms with van der Waals surface area (Å²) in [5.74, 6) is 0.221. The molecule has 1 N–H and O–H groups in total. The predicted octanol–water partition coefficient (Wildman–Crippen LogP) is 0.537. The van der Waals surface area contributed by atoms with Crippen LogP contribution in [0.5, 0.6) is 0 Å². The second kappa shape index (κ2) is 6.21. The summed E-state index contributed by atoms with van der Waals surface area (Å²) in [6.45, 7) is 3.66. The van der Waals surface area contributed by atoms with E-state index in [1.165, 1.54) is 12.8 Å². The van der Waals surface area contributed by atoms with Gasteiger partial charge in [0.05, 0.1) is 6.54 Å². The Hall–Kier alpha value is -0.610. The van der Waals surface area contributed by atoms with Gasteiger partial charge in [-0.3, -0.25) is 4.79 Å². The molecule has 0 aliphatic heterocycles. The summed E-state index contributed by atoms with van der Waals surface area (Å²) in [4.78, 5) is 15.8. The second-order valence-electron chi connectivity index (χ2n) is 5.11. The molecule has 0 heterocycles. The zero-order valence-electron chi connectivity index (χ0n) is 11.0. The zero-order chi connectivity index (χ0) is 12.1.